The van der Waals surface area contributed by atoms with Gasteiger partial charge in [-0.25, -0.2) is 0 Å². The van der Waals surface area contributed by atoms with Crippen LogP contribution in [-0.2, 0) is 6.42 Å². The predicted molar refractivity (Wildman–Crippen MR) is 91.9 cm³/mol. The van der Waals surface area contributed by atoms with Crippen LogP contribution in [0.5, 0.6) is 0 Å². The Kier molecular flexibility index (Phi) is 5.25. The molecule has 2 N–H and O–H groups in total. The van der Waals surface area contributed by atoms with Crippen LogP contribution in [-0.4, -0.2) is 35.3 Å². The summed E-state index contributed by atoms with van der Waals surface area (Å²) in [5.41, 5.74) is 7.62. The first kappa shape index (κ1) is 15.4. The molecule has 3 heteroatoms. The molecule has 0 aromatic heterocycles. The van der Waals surface area contributed by atoms with Gasteiger partial charge in [-0.1, -0.05) is 25.1 Å². The Hall–Kier alpha value is -0.510. The number of thioether (sulfide) groups is 1. The van der Waals surface area contributed by atoms with Crippen molar-refractivity contribution in [1.82, 2.24) is 4.90 Å². The number of benzene rings is 1. The van der Waals surface area contributed by atoms with Crippen molar-refractivity contribution in [2.45, 2.75) is 67.7 Å². The van der Waals surface area contributed by atoms with E-state index in [4.69, 9.17) is 5.73 Å². The Morgan fingerprint density at radius 3 is 2.67 bits per heavy atom. The molecule has 0 spiro atoms. The first-order chi connectivity index (χ1) is 10.3. The summed E-state index contributed by atoms with van der Waals surface area (Å²) >= 11 is 2.09. The lowest BCUT2D eigenvalue weighted by Crippen LogP contribution is -2.44. The lowest BCUT2D eigenvalue weighted by molar-refractivity contribution is 0.150. The molecule has 1 aromatic carbocycles. The van der Waals surface area contributed by atoms with Gasteiger partial charge in [0.1, 0.15) is 0 Å². The summed E-state index contributed by atoms with van der Waals surface area (Å²) in [4.78, 5) is 4.26. The number of fused-ring (bicyclic) bond motifs is 1. The monoisotopic (exact) mass is 304 g/mol. The van der Waals surface area contributed by atoms with E-state index in [-0.39, 0.29) is 0 Å². The summed E-state index contributed by atoms with van der Waals surface area (Å²) in [6, 6.07) is 10.1. The second-order valence-electron chi connectivity index (χ2n) is 6.62. The van der Waals surface area contributed by atoms with E-state index >= 15 is 0 Å². The minimum atomic E-state index is 0.454. The van der Waals surface area contributed by atoms with E-state index in [2.05, 4.69) is 47.9 Å². The molecule has 1 unspecified atom stereocenters. The number of nitrogens with zero attached hydrogens (tertiary/aromatic N) is 1. The van der Waals surface area contributed by atoms with Gasteiger partial charge < -0.3 is 5.73 Å². The van der Waals surface area contributed by atoms with Crippen LogP contribution in [0, 0.1) is 0 Å². The molecule has 0 saturated heterocycles. The molecule has 0 radical (unpaired) electrons. The third-order valence-corrected chi connectivity index (χ3v) is 6.22. The molecule has 3 rings (SSSR count). The van der Waals surface area contributed by atoms with Crippen molar-refractivity contribution in [1.29, 1.82) is 0 Å². The van der Waals surface area contributed by atoms with Crippen molar-refractivity contribution < 1.29 is 0 Å². The molecule has 1 heterocycles. The number of hydrogen-bond donors (Lipinski definition) is 1. The lowest BCUT2D eigenvalue weighted by atomic mass is 9.90. The molecule has 21 heavy (non-hydrogen) atoms. The van der Waals surface area contributed by atoms with Gasteiger partial charge in [-0.3, -0.25) is 4.90 Å². The van der Waals surface area contributed by atoms with E-state index in [9.17, 15) is 0 Å². The quantitative estimate of drug-likeness (QED) is 0.899. The number of nitrogens with two attached hydrogens (primary N) is 1. The predicted octanol–water partition coefficient (Wildman–Crippen LogP) is 3.69. The van der Waals surface area contributed by atoms with Crippen molar-refractivity contribution in [3.63, 3.8) is 0 Å². The zero-order valence-electron chi connectivity index (χ0n) is 13.1. The summed E-state index contributed by atoms with van der Waals surface area (Å²) in [6.07, 6.45) is 7.52. The summed E-state index contributed by atoms with van der Waals surface area (Å²) in [6.45, 7) is 4.79. The molecule has 1 aliphatic carbocycles. The second-order valence-corrected chi connectivity index (χ2v) is 7.96. The molecular weight excluding hydrogens is 276 g/mol. The third-order valence-electron chi connectivity index (χ3n) is 4.92. The molecular formula is C18H28N2S. The molecule has 116 valence electrons. The number of hydrogen-bond acceptors (Lipinski definition) is 3. The molecule has 2 nitrogen and oxygen atoms in total. The van der Waals surface area contributed by atoms with Crippen LogP contribution in [0.4, 0.5) is 0 Å². The van der Waals surface area contributed by atoms with E-state index in [0.717, 1.165) is 11.3 Å². The van der Waals surface area contributed by atoms with Crippen LogP contribution < -0.4 is 5.73 Å². The van der Waals surface area contributed by atoms with Gasteiger partial charge in [0.05, 0.1) is 0 Å². The Balaban J connectivity index is 1.59. The highest BCUT2D eigenvalue weighted by molar-refractivity contribution is 8.00. The van der Waals surface area contributed by atoms with Gasteiger partial charge in [-0.2, -0.15) is 0 Å². The van der Waals surface area contributed by atoms with Crippen molar-refractivity contribution >= 4 is 11.8 Å². The summed E-state index contributed by atoms with van der Waals surface area (Å²) in [5, 5.41) is 0.740. The van der Waals surface area contributed by atoms with Crippen molar-refractivity contribution in [3.8, 4) is 0 Å². The second kappa shape index (κ2) is 7.17. The SMILES string of the molecule is CCCN(CC1Cc2ccccc2S1)C1CCC(N)CC1. The zero-order chi connectivity index (χ0) is 14.7. The third kappa shape index (κ3) is 3.82. The molecule has 1 atom stereocenters. The average molecular weight is 305 g/mol. The smallest absolute Gasteiger partial charge is 0.0263 e. The van der Waals surface area contributed by atoms with E-state index in [0.29, 0.717) is 6.04 Å². The normalized spacial score (nSPS) is 28.8. The average Bonchev–Trinajstić information content (AvgIpc) is 2.90. The summed E-state index contributed by atoms with van der Waals surface area (Å²) < 4.78 is 0. The van der Waals surface area contributed by atoms with Gasteiger partial charge >= 0.3 is 0 Å². The zero-order valence-corrected chi connectivity index (χ0v) is 13.9. The maximum absolute atomic E-state index is 6.07. The highest BCUT2D eigenvalue weighted by Gasteiger charge is 2.28. The van der Waals surface area contributed by atoms with E-state index < -0.39 is 0 Å². The van der Waals surface area contributed by atoms with Crippen LogP contribution in [0.3, 0.4) is 0 Å². The lowest BCUT2D eigenvalue weighted by Gasteiger charge is -2.37. The Morgan fingerprint density at radius 1 is 1.19 bits per heavy atom. The van der Waals surface area contributed by atoms with Gasteiger partial charge in [-0.05, 0) is 56.7 Å². The van der Waals surface area contributed by atoms with Gasteiger partial charge in [0.2, 0.25) is 0 Å². The maximum Gasteiger partial charge on any atom is 0.0263 e. The summed E-state index contributed by atoms with van der Waals surface area (Å²) in [5.74, 6) is 0. The van der Waals surface area contributed by atoms with Gasteiger partial charge in [0.15, 0.2) is 0 Å². The van der Waals surface area contributed by atoms with E-state index in [1.165, 1.54) is 56.5 Å². The Morgan fingerprint density at radius 2 is 1.95 bits per heavy atom. The molecule has 2 aliphatic rings. The van der Waals surface area contributed by atoms with Gasteiger partial charge in [-0.15, -0.1) is 11.8 Å². The first-order valence-electron chi connectivity index (χ1n) is 8.50. The highest BCUT2D eigenvalue weighted by atomic mass is 32.2. The first-order valence-corrected chi connectivity index (χ1v) is 9.38. The van der Waals surface area contributed by atoms with E-state index in [1.54, 1.807) is 5.56 Å². The molecule has 1 saturated carbocycles. The van der Waals surface area contributed by atoms with Gasteiger partial charge in [0.25, 0.3) is 0 Å². The van der Waals surface area contributed by atoms with Gasteiger partial charge in [0, 0.05) is 28.8 Å². The highest BCUT2D eigenvalue weighted by Crippen LogP contribution is 2.37. The molecule has 1 aromatic rings. The molecule has 1 fully saturated rings. The number of rotatable bonds is 5. The van der Waals surface area contributed by atoms with Crippen molar-refractivity contribution in [2.24, 2.45) is 5.73 Å². The largest absolute Gasteiger partial charge is 0.328 e. The summed E-state index contributed by atoms with van der Waals surface area (Å²) in [7, 11) is 0. The fourth-order valence-electron chi connectivity index (χ4n) is 3.79. The van der Waals surface area contributed by atoms with Crippen molar-refractivity contribution in [2.75, 3.05) is 13.1 Å². The van der Waals surface area contributed by atoms with Crippen LogP contribution in [0.1, 0.15) is 44.6 Å². The van der Waals surface area contributed by atoms with Crippen LogP contribution in [0.15, 0.2) is 29.2 Å². The molecule has 1 aliphatic heterocycles. The molecule has 0 amide bonds. The fraction of sp³-hybridized carbons (Fsp3) is 0.667. The Bertz CT molecular complexity index is 429. The van der Waals surface area contributed by atoms with Crippen LogP contribution >= 0.6 is 11.8 Å². The fourth-order valence-corrected chi connectivity index (χ4v) is 5.14. The van der Waals surface area contributed by atoms with Crippen LogP contribution in [0.25, 0.3) is 0 Å². The Labute approximate surface area is 133 Å². The van der Waals surface area contributed by atoms with Crippen LogP contribution in [0.2, 0.25) is 0 Å². The minimum Gasteiger partial charge on any atom is -0.328 e. The standard InChI is InChI=1S/C18H28N2S/c1-2-11-20(16-9-7-15(19)8-10-16)13-17-12-14-5-3-4-6-18(14)21-17/h3-6,15-17H,2,7-13,19H2,1H3. The topological polar surface area (TPSA) is 29.3 Å². The van der Waals surface area contributed by atoms with E-state index in [1.807, 2.05) is 0 Å². The minimum absolute atomic E-state index is 0.454. The van der Waals surface area contributed by atoms with Crippen molar-refractivity contribution in [3.05, 3.63) is 29.8 Å². The maximum atomic E-state index is 6.07. The molecule has 0 bridgehead atoms.